The lowest BCUT2D eigenvalue weighted by Gasteiger charge is -2.20. The van der Waals surface area contributed by atoms with Crippen LogP contribution < -0.4 is 5.32 Å². The number of carboxylic acid groups (broad SMARTS) is 1. The van der Waals surface area contributed by atoms with Crippen LogP contribution in [-0.4, -0.2) is 17.1 Å². The fourth-order valence-electron chi connectivity index (χ4n) is 4.19. The summed E-state index contributed by atoms with van der Waals surface area (Å²) in [5.41, 5.74) is 4.11. The lowest BCUT2D eigenvalue weighted by atomic mass is 9.95. The van der Waals surface area contributed by atoms with Gasteiger partial charge in [-0.05, 0) is 68.1 Å². The van der Waals surface area contributed by atoms with E-state index in [1.807, 2.05) is 0 Å². The smallest absolute Gasteiger partial charge is 0.303 e. The molecule has 144 valence electrons. The van der Waals surface area contributed by atoms with Crippen molar-refractivity contribution < 1.29 is 9.90 Å². The summed E-state index contributed by atoms with van der Waals surface area (Å²) in [6.45, 7) is 2.25. The van der Waals surface area contributed by atoms with E-state index in [4.69, 9.17) is 5.11 Å². The molecule has 0 heterocycles. The summed E-state index contributed by atoms with van der Waals surface area (Å²) < 4.78 is 0. The number of carboxylic acids is 1. The number of nitrogens with one attached hydrogen (secondary N) is 1. The molecule has 3 rings (SSSR count). The predicted molar refractivity (Wildman–Crippen MR) is 110 cm³/mol. The van der Waals surface area contributed by atoms with Crippen LogP contribution >= 0.6 is 0 Å². The maximum absolute atomic E-state index is 10.6. The van der Waals surface area contributed by atoms with Gasteiger partial charge in [-0.25, -0.2) is 0 Å². The van der Waals surface area contributed by atoms with Gasteiger partial charge in [0.2, 0.25) is 0 Å². The van der Waals surface area contributed by atoms with Gasteiger partial charge in [-0.1, -0.05) is 54.6 Å². The van der Waals surface area contributed by atoms with Crippen LogP contribution in [-0.2, 0) is 11.2 Å². The molecule has 2 aromatic carbocycles. The molecule has 3 atom stereocenters. The number of benzene rings is 2. The van der Waals surface area contributed by atoms with Crippen molar-refractivity contribution in [3.05, 3.63) is 71.3 Å². The lowest BCUT2D eigenvalue weighted by molar-refractivity contribution is -0.137. The van der Waals surface area contributed by atoms with Crippen LogP contribution in [0.25, 0.3) is 0 Å². The summed E-state index contributed by atoms with van der Waals surface area (Å²) in [4.78, 5) is 10.6. The van der Waals surface area contributed by atoms with E-state index in [1.165, 1.54) is 36.0 Å². The van der Waals surface area contributed by atoms with E-state index in [9.17, 15) is 4.79 Å². The largest absolute Gasteiger partial charge is 0.481 e. The molecule has 0 saturated heterocycles. The van der Waals surface area contributed by atoms with Gasteiger partial charge in [-0.3, -0.25) is 4.79 Å². The molecule has 27 heavy (non-hydrogen) atoms. The average molecular weight is 366 g/mol. The number of rotatable bonds is 9. The summed E-state index contributed by atoms with van der Waals surface area (Å²) in [7, 11) is 0. The Hall–Kier alpha value is -2.13. The summed E-state index contributed by atoms with van der Waals surface area (Å²) >= 11 is 0. The van der Waals surface area contributed by atoms with E-state index < -0.39 is 5.97 Å². The molecular formula is C24H31NO2. The van der Waals surface area contributed by atoms with Gasteiger partial charge in [0.15, 0.2) is 0 Å². The molecule has 3 unspecified atom stereocenters. The zero-order valence-electron chi connectivity index (χ0n) is 16.2. The van der Waals surface area contributed by atoms with E-state index in [0.29, 0.717) is 18.0 Å². The van der Waals surface area contributed by atoms with Crippen molar-refractivity contribution in [1.82, 2.24) is 5.32 Å². The highest BCUT2D eigenvalue weighted by Crippen LogP contribution is 2.35. The van der Waals surface area contributed by atoms with Gasteiger partial charge in [0, 0.05) is 18.5 Å². The molecule has 1 aliphatic rings. The summed E-state index contributed by atoms with van der Waals surface area (Å²) in [6, 6.07) is 20.6. The first-order valence-corrected chi connectivity index (χ1v) is 10.2. The van der Waals surface area contributed by atoms with E-state index >= 15 is 0 Å². The fraction of sp³-hybridized carbons (Fsp3) is 0.458. The molecule has 1 aliphatic carbocycles. The third-order valence-electron chi connectivity index (χ3n) is 5.78. The SMILES string of the molecule is CC(NC1CCC(c2ccc(CCCCC(=O)O)cc2)C1)c1ccccc1. The first-order chi connectivity index (χ1) is 13.1. The van der Waals surface area contributed by atoms with Crippen LogP contribution in [0.5, 0.6) is 0 Å². The quantitative estimate of drug-likeness (QED) is 0.579. The molecule has 0 radical (unpaired) electrons. The lowest BCUT2D eigenvalue weighted by Crippen LogP contribution is -2.29. The Morgan fingerprint density at radius 1 is 1.07 bits per heavy atom. The second kappa shape index (κ2) is 9.70. The molecule has 2 N–H and O–H groups in total. The van der Waals surface area contributed by atoms with E-state index in [-0.39, 0.29) is 6.42 Å². The van der Waals surface area contributed by atoms with Crippen molar-refractivity contribution in [3.63, 3.8) is 0 Å². The molecule has 1 saturated carbocycles. The van der Waals surface area contributed by atoms with Gasteiger partial charge in [0.1, 0.15) is 0 Å². The number of carbonyl (C=O) groups is 1. The summed E-state index contributed by atoms with van der Waals surface area (Å²) in [5.74, 6) is -0.0529. The second-order valence-electron chi connectivity index (χ2n) is 7.85. The number of aliphatic carboxylic acids is 1. The minimum absolute atomic E-state index is 0.274. The molecule has 1 fully saturated rings. The maximum Gasteiger partial charge on any atom is 0.303 e. The van der Waals surface area contributed by atoms with Gasteiger partial charge in [0.25, 0.3) is 0 Å². The van der Waals surface area contributed by atoms with Crippen molar-refractivity contribution in [2.45, 2.75) is 69.9 Å². The van der Waals surface area contributed by atoms with E-state index in [1.54, 1.807) is 0 Å². The standard InChI is InChI=1S/C24H31NO2/c1-18(20-8-3-2-4-9-20)25-23-16-15-22(17-23)21-13-11-19(12-14-21)7-5-6-10-24(26)27/h2-4,8-9,11-14,18,22-23,25H,5-7,10,15-17H2,1H3,(H,26,27). The van der Waals surface area contributed by atoms with Gasteiger partial charge < -0.3 is 10.4 Å². The number of aryl methyl sites for hydroxylation is 1. The molecular weight excluding hydrogens is 334 g/mol. The molecule has 0 bridgehead atoms. The van der Waals surface area contributed by atoms with Crippen molar-refractivity contribution in [2.75, 3.05) is 0 Å². The number of hydrogen-bond donors (Lipinski definition) is 2. The highest BCUT2D eigenvalue weighted by atomic mass is 16.4. The van der Waals surface area contributed by atoms with E-state index in [2.05, 4.69) is 66.8 Å². The van der Waals surface area contributed by atoms with Crippen molar-refractivity contribution in [2.24, 2.45) is 0 Å². The summed E-state index contributed by atoms with van der Waals surface area (Å²) in [5, 5.41) is 12.5. The topological polar surface area (TPSA) is 49.3 Å². The molecule has 3 heteroatoms. The Kier molecular flexibility index (Phi) is 7.05. The number of hydrogen-bond acceptors (Lipinski definition) is 2. The van der Waals surface area contributed by atoms with Gasteiger partial charge in [-0.2, -0.15) is 0 Å². The van der Waals surface area contributed by atoms with Crippen LogP contribution in [0, 0.1) is 0 Å². The third-order valence-corrected chi connectivity index (χ3v) is 5.78. The van der Waals surface area contributed by atoms with Gasteiger partial charge in [-0.15, -0.1) is 0 Å². The van der Waals surface area contributed by atoms with Crippen LogP contribution in [0.3, 0.4) is 0 Å². The minimum Gasteiger partial charge on any atom is -0.481 e. The van der Waals surface area contributed by atoms with Crippen LogP contribution in [0.2, 0.25) is 0 Å². The Morgan fingerprint density at radius 2 is 1.81 bits per heavy atom. The highest BCUT2D eigenvalue weighted by Gasteiger charge is 2.26. The molecule has 0 aromatic heterocycles. The van der Waals surface area contributed by atoms with E-state index in [0.717, 1.165) is 19.3 Å². The van der Waals surface area contributed by atoms with Crippen molar-refractivity contribution in [3.8, 4) is 0 Å². The minimum atomic E-state index is -0.698. The van der Waals surface area contributed by atoms with Crippen molar-refractivity contribution in [1.29, 1.82) is 0 Å². The zero-order valence-corrected chi connectivity index (χ0v) is 16.2. The second-order valence-corrected chi connectivity index (χ2v) is 7.85. The molecule has 3 nitrogen and oxygen atoms in total. The maximum atomic E-state index is 10.6. The Morgan fingerprint density at radius 3 is 2.52 bits per heavy atom. The normalized spacial score (nSPS) is 20.5. The predicted octanol–water partition coefficient (Wildman–Crippen LogP) is 5.47. The molecule has 0 aliphatic heterocycles. The molecule has 0 spiro atoms. The fourth-order valence-corrected chi connectivity index (χ4v) is 4.19. The first-order valence-electron chi connectivity index (χ1n) is 10.2. The first kappa shape index (κ1) is 19.6. The highest BCUT2D eigenvalue weighted by molar-refractivity contribution is 5.66. The number of unbranched alkanes of at least 4 members (excludes halogenated alkanes) is 1. The van der Waals surface area contributed by atoms with Gasteiger partial charge in [0.05, 0.1) is 0 Å². The Labute approximate surface area is 162 Å². The van der Waals surface area contributed by atoms with Crippen LogP contribution in [0.1, 0.15) is 74.1 Å². The average Bonchev–Trinajstić information content (AvgIpc) is 3.15. The Balaban J connectivity index is 1.46. The van der Waals surface area contributed by atoms with Crippen molar-refractivity contribution >= 4 is 5.97 Å². The third kappa shape index (κ3) is 5.93. The monoisotopic (exact) mass is 365 g/mol. The summed E-state index contributed by atoms with van der Waals surface area (Å²) in [6.07, 6.45) is 6.63. The van der Waals surface area contributed by atoms with Crippen LogP contribution in [0.4, 0.5) is 0 Å². The molecule has 2 aromatic rings. The molecule has 0 amide bonds. The van der Waals surface area contributed by atoms with Crippen LogP contribution in [0.15, 0.2) is 54.6 Å². The Bertz CT molecular complexity index is 711. The van der Waals surface area contributed by atoms with Gasteiger partial charge >= 0.3 is 5.97 Å². The zero-order chi connectivity index (χ0) is 19.1.